The number of hydrogen-bond donors (Lipinski definition) is 4. The predicted molar refractivity (Wildman–Crippen MR) is 129 cm³/mol. The number of carbonyl (C=O) groups excluding carboxylic acids is 1. The molecule has 0 aliphatic rings. The molecule has 6 N–H and O–H groups in total. The highest BCUT2D eigenvalue weighted by Gasteiger charge is 2.17. The van der Waals surface area contributed by atoms with Gasteiger partial charge in [0.1, 0.15) is 11.0 Å². The van der Waals surface area contributed by atoms with Crippen LogP contribution in [0, 0.1) is 0 Å². The van der Waals surface area contributed by atoms with E-state index in [1.54, 1.807) is 0 Å². The number of para-hydroxylation sites is 1. The first-order valence-corrected chi connectivity index (χ1v) is 10.9. The number of primary amides is 1. The van der Waals surface area contributed by atoms with Crippen LogP contribution in [0.4, 0.5) is 11.8 Å². The minimum Gasteiger partial charge on any atom is -0.369 e. The van der Waals surface area contributed by atoms with E-state index in [2.05, 4.69) is 56.4 Å². The second-order valence-corrected chi connectivity index (χ2v) is 7.90. The number of fused-ring (bicyclic) bond motifs is 3. The molecule has 0 spiro atoms. The van der Waals surface area contributed by atoms with Crippen molar-refractivity contribution in [2.75, 3.05) is 24.1 Å². The monoisotopic (exact) mass is 431 g/mol. The van der Waals surface area contributed by atoms with Crippen molar-refractivity contribution in [2.45, 2.75) is 32.9 Å². The van der Waals surface area contributed by atoms with E-state index in [0.717, 1.165) is 58.3 Å². The van der Waals surface area contributed by atoms with Gasteiger partial charge in [-0.05, 0) is 23.6 Å². The van der Waals surface area contributed by atoms with Gasteiger partial charge in [0.2, 0.25) is 11.9 Å². The molecule has 2 aromatic heterocycles. The zero-order valence-corrected chi connectivity index (χ0v) is 18.3. The Hall–Kier alpha value is -3.65. The third-order valence-electron chi connectivity index (χ3n) is 5.40. The number of unbranched alkanes of at least 4 members (excludes halogenated alkanes) is 1. The van der Waals surface area contributed by atoms with Gasteiger partial charge < -0.3 is 26.7 Å². The first-order valence-electron chi connectivity index (χ1n) is 10.9. The predicted octanol–water partition coefficient (Wildman–Crippen LogP) is 3.00. The molecule has 0 aliphatic heterocycles. The van der Waals surface area contributed by atoms with Crippen molar-refractivity contribution in [3.8, 4) is 0 Å². The number of carbonyl (C=O) groups is 1. The highest BCUT2D eigenvalue weighted by molar-refractivity contribution is 6.09. The van der Waals surface area contributed by atoms with E-state index < -0.39 is 0 Å². The number of nitrogens with zero attached hydrogens (tertiary/aromatic N) is 3. The molecular weight excluding hydrogens is 402 g/mol. The summed E-state index contributed by atoms with van der Waals surface area (Å²) >= 11 is 0. The van der Waals surface area contributed by atoms with Gasteiger partial charge in [0.15, 0.2) is 5.82 Å². The first kappa shape index (κ1) is 21.6. The second-order valence-electron chi connectivity index (χ2n) is 7.90. The maximum atomic E-state index is 11.0. The topological polar surface area (TPSA) is 124 Å². The normalized spacial score (nSPS) is 11.3. The molecule has 8 nitrogen and oxygen atoms in total. The molecule has 0 aliphatic carbocycles. The van der Waals surface area contributed by atoms with Gasteiger partial charge in [-0.3, -0.25) is 4.79 Å². The zero-order valence-electron chi connectivity index (χ0n) is 18.3. The number of nitrogens with one attached hydrogen (secondary N) is 2. The molecular formula is C24H29N7O. The number of nitrogen functional groups attached to an aromatic ring is 1. The lowest BCUT2D eigenvalue weighted by Gasteiger charge is -2.13. The summed E-state index contributed by atoms with van der Waals surface area (Å²) in [6.45, 7) is 4.37. The summed E-state index contributed by atoms with van der Waals surface area (Å²) < 4.78 is 2.24. The lowest BCUT2D eigenvalue weighted by atomic mass is 10.1. The molecule has 0 fully saturated rings. The largest absolute Gasteiger partial charge is 0.369 e. The van der Waals surface area contributed by atoms with Crippen molar-refractivity contribution in [1.29, 1.82) is 0 Å². The minimum absolute atomic E-state index is 0.155. The molecule has 0 saturated heterocycles. The molecule has 0 atom stereocenters. The fourth-order valence-corrected chi connectivity index (χ4v) is 3.97. The summed E-state index contributed by atoms with van der Waals surface area (Å²) in [7, 11) is 0. The van der Waals surface area contributed by atoms with Crippen molar-refractivity contribution < 1.29 is 4.79 Å². The highest BCUT2D eigenvalue weighted by atomic mass is 16.1. The fourth-order valence-electron chi connectivity index (χ4n) is 3.97. The number of anilines is 2. The lowest BCUT2D eigenvalue weighted by Crippen LogP contribution is -2.28. The molecule has 2 heterocycles. The highest BCUT2D eigenvalue weighted by Crippen LogP contribution is 2.33. The summed E-state index contributed by atoms with van der Waals surface area (Å²) in [5.74, 6) is 0.659. The number of aromatic nitrogens is 3. The van der Waals surface area contributed by atoms with Crippen molar-refractivity contribution in [2.24, 2.45) is 5.73 Å². The van der Waals surface area contributed by atoms with Crippen LogP contribution in [0.25, 0.3) is 21.9 Å². The Balaban J connectivity index is 1.75. The molecule has 4 rings (SSSR count). The standard InChI is InChI=1S/C24H29N7O/c1-2-3-11-28-23-22-21(29-24(26)30-23)18-9-4-5-10-19(18)31(22)15-17-8-6-7-16(12-17)13-27-14-20(25)32/h4-10,12,27H,2-3,11,13-15H2,1H3,(H2,25,32)(H3,26,28,29,30). The van der Waals surface area contributed by atoms with Gasteiger partial charge in [-0.25, -0.2) is 4.98 Å². The lowest BCUT2D eigenvalue weighted by molar-refractivity contribution is -0.117. The van der Waals surface area contributed by atoms with Crippen LogP contribution in [0.2, 0.25) is 0 Å². The number of nitrogens with two attached hydrogens (primary N) is 2. The summed E-state index contributed by atoms with van der Waals surface area (Å²) in [5, 5.41) is 7.58. The maximum Gasteiger partial charge on any atom is 0.231 e. The van der Waals surface area contributed by atoms with Gasteiger partial charge in [0.05, 0.1) is 12.1 Å². The molecule has 0 unspecified atom stereocenters. The minimum atomic E-state index is -0.367. The van der Waals surface area contributed by atoms with E-state index in [-0.39, 0.29) is 18.4 Å². The summed E-state index contributed by atoms with van der Waals surface area (Å²) in [6, 6.07) is 16.5. The van der Waals surface area contributed by atoms with Crippen LogP contribution in [-0.4, -0.2) is 33.5 Å². The number of rotatable bonds is 10. The molecule has 8 heteroatoms. The van der Waals surface area contributed by atoms with Crippen molar-refractivity contribution in [3.05, 3.63) is 59.7 Å². The second kappa shape index (κ2) is 9.65. The Kier molecular flexibility index (Phi) is 6.51. The van der Waals surface area contributed by atoms with E-state index in [4.69, 9.17) is 11.5 Å². The van der Waals surface area contributed by atoms with Crippen molar-refractivity contribution in [3.63, 3.8) is 0 Å². The molecule has 2 aromatic carbocycles. The molecule has 0 radical (unpaired) electrons. The van der Waals surface area contributed by atoms with Crippen LogP contribution in [0.5, 0.6) is 0 Å². The van der Waals surface area contributed by atoms with E-state index in [1.807, 2.05) is 24.3 Å². The smallest absolute Gasteiger partial charge is 0.231 e. The molecule has 4 aromatic rings. The van der Waals surface area contributed by atoms with Gasteiger partial charge >= 0.3 is 0 Å². The van der Waals surface area contributed by atoms with E-state index in [1.165, 1.54) is 0 Å². The molecule has 1 amide bonds. The van der Waals surface area contributed by atoms with E-state index in [0.29, 0.717) is 13.1 Å². The Bertz CT molecular complexity index is 1250. The molecule has 166 valence electrons. The molecule has 0 saturated carbocycles. The Morgan fingerprint density at radius 3 is 2.72 bits per heavy atom. The van der Waals surface area contributed by atoms with Crippen LogP contribution in [0.3, 0.4) is 0 Å². The molecule has 32 heavy (non-hydrogen) atoms. The van der Waals surface area contributed by atoms with Crippen LogP contribution >= 0.6 is 0 Å². The third kappa shape index (κ3) is 4.65. The van der Waals surface area contributed by atoms with Gasteiger partial charge in [0, 0.05) is 25.0 Å². The Labute approximate surface area is 187 Å². The number of amides is 1. The van der Waals surface area contributed by atoms with Gasteiger partial charge in [-0.2, -0.15) is 4.98 Å². The number of benzene rings is 2. The SMILES string of the molecule is CCCCNc1nc(N)nc2c3ccccc3n(Cc3cccc(CNCC(N)=O)c3)c12. The first-order chi connectivity index (χ1) is 15.6. The van der Waals surface area contributed by atoms with Crippen LogP contribution in [0.1, 0.15) is 30.9 Å². The fraction of sp³-hybridized carbons (Fsp3) is 0.292. The summed E-state index contributed by atoms with van der Waals surface area (Å²) in [6.07, 6.45) is 2.14. The van der Waals surface area contributed by atoms with Crippen LogP contribution < -0.4 is 22.1 Å². The van der Waals surface area contributed by atoms with Crippen LogP contribution in [0.15, 0.2) is 48.5 Å². The van der Waals surface area contributed by atoms with Gasteiger partial charge in [-0.15, -0.1) is 0 Å². The zero-order chi connectivity index (χ0) is 22.5. The molecule has 0 bridgehead atoms. The van der Waals surface area contributed by atoms with Gasteiger partial charge in [0.25, 0.3) is 0 Å². The van der Waals surface area contributed by atoms with Crippen molar-refractivity contribution in [1.82, 2.24) is 19.9 Å². The third-order valence-corrected chi connectivity index (χ3v) is 5.40. The average molecular weight is 432 g/mol. The quantitative estimate of drug-likeness (QED) is 0.286. The Morgan fingerprint density at radius 1 is 1.09 bits per heavy atom. The van der Waals surface area contributed by atoms with Gasteiger partial charge in [-0.1, -0.05) is 55.8 Å². The average Bonchev–Trinajstić information content (AvgIpc) is 3.07. The Morgan fingerprint density at radius 2 is 1.91 bits per heavy atom. The maximum absolute atomic E-state index is 11.0. The van der Waals surface area contributed by atoms with Crippen molar-refractivity contribution >= 4 is 39.6 Å². The number of hydrogen-bond acceptors (Lipinski definition) is 6. The summed E-state index contributed by atoms with van der Waals surface area (Å²) in [4.78, 5) is 20.1. The van der Waals surface area contributed by atoms with E-state index in [9.17, 15) is 4.79 Å². The van der Waals surface area contributed by atoms with E-state index >= 15 is 0 Å². The van der Waals surface area contributed by atoms with Crippen LogP contribution in [-0.2, 0) is 17.9 Å². The summed E-state index contributed by atoms with van der Waals surface area (Å²) in [5.41, 5.74) is 16.4.